The molecule has 2 aliphatic rings. The van der Waals surface area contributed by atoms with Crippen LogP contribution in [0.4, 0.5) is 0 Å². The van der Waals surface area contributed by atoms with E-state index in [2.05, 4.69) is 11.9 Å². The van der Waals surface area contributed by atoms with Gasteiger partial charge in [-0.3, -0.25) is 0 Å². The van der Waals surface area contributed by atoms with Crippen LogP contribution in [0.1, 0.15) is 25.7 Å². The predicted molar refractivity (Wildman–Crippen MR) is 44.6 cm³/mol. The molecule has 2 rings (SSSR count). The van der Waals surface area contributed by atoms with Gasteiger partial charge in [0, 0.05) is 19.7 Å². The zero-order valence-electron chi connectivity index (χ0n) is 7.31. The molecule has 0 unspecified atom stereocenters. The molecule has 1 spiro atoms. The van der Waals surface area contributed by atoms with Crippen LogP contribution in [0.2, 0.25) is 0 Å². The topological polar surface area (TPSA) is 12.5 Å². The molecular formula is C9H17NO. The molecule has 2 heteroatoms. The van der Waals surface area contributed by atoms with Crippen LogP contribution >= 0.6 is 0 Å². The number of hydrogen-bond acceptors (Lipinski definition) is 2. The summed E-state index contributed by atoms with van der Waals surface area (Å²) in [6.07, 6.45) is 5.29. The Bertz CT molecular complexity index is 130. The first-order chi connectivity index (χ1) is 5.31. The van der Waals surface area contributed by atoms with Crippen molar-refractivity contribution >= 4 is 0 Å². The van der Waals surface area contributed by atoms with Crippen LogP contribution in [0.3, 0.4) is 0 Å². The van der Waals surface area contributed by atoms with Gasteiger partial charge >= 0.3 is 0 Å². The van der Waals surface area contributed by atoms with Crippen LogP contribution in [-0.4, -0.2) is 37.2 Å². The molecule has 0 bridgehead atoms. The third-order valence-corrected chi connectivity index (χ3v) is 2.80. The Labute approximate surface area is 68.5 Å². The van der Waals surface area contributed by atoms with Gasteiger partial charge in [-0.05, 0) is 19.9 Å². The maximum Gasteiger partial charge on any atom is 0.0934 e. The molecule has 0 saturated carbocycles. The molecule has 2 heterocycles. The predicted octanol–water partition coefficient (Wildman–Crippen LogP) is 1.26. The highest BCUT2D eigenvalue weighted by Crippen LogP contribution is 2.31. The molecule has 0 radical (unpaired) electrons. The lowest BCUT2D eigenvalue weighted by Gasteiger charge is -2.47. The van der Waals surface area contributed by atoms with Crippen molar-refractivity contribution in [1.82, 2.24) is 4.90 Å². The van der Waals surface area contributed by atoms with Gasteiger partial charge in [-0.15, -0.1) is 0 Å². The fraction of sp³-hybridized carbons (Fsp3) is 1.00. The van der Waals surface area contributed by atoms with Gasteiger partial charge in [-0.2, -0.15) is 0 Å². The van der Waals surface area contributed by atoms with Crippen LogP contribution in [0.5, 0.6) is 0 Å². The lowest BCUT2D eigenvalue weighted by atomic mass is 9.89. The molecule has 0 N–H and O–H groups in total. The van der Waals surface area contributed by atoms with E-state index >= 15 is 0 Å². The van der Waals surface area contributed by atoms with E-state index in [1.807, 2.05) is 0 Å². The van der Waals surface area contributed by atoms with Crippen molar-refractivity contribution < 1.29 is 4.74 Å². The Morgan fingerprint density at radius 3 is 2.73 bits per heavy atom. The van der Waals surface area contributed by atoms with E-state index < -0.39 is 0 Å². The standard InChI is InChI=1S/C9H17NO/c1-10-7-9(8-10)5-3-2-4-6-11-9/h2-8H2,1H3. The van der Waals surface area contributed by atoms with Crippen LogP contribution in [-0.2, 0) is 4.74 Å². The SMILES string of the molecule is CN1CC2(CCCCCO2)C1. The third-order valence-electron chi connectivity index (χ3n) is 2.80. The fourth-order valence-electron chi connectivity index (χ4n) is 2.27. The average molecular weight is 155 g/mol. The van der Waals surface area contributed by atoms with Crippen molar-refractivity contribution in [1.29, 1.82) is 0 Å². The van der Waals surface area contributed by atoms with Gasteiger partial charge in [0.2, 0.25) is 0 Å². The fourth-order valence-corrected chi connectivity index (χ4v) is 2.27. The quantitative estimate of drug-likeness (QED) is 0.522. The monoisotopic (exact) mass is 155 g/mol. The summed E-state index contributed by atoms with van der Waals surface area (Å²) in [6.45, 7) is 3.31. The molecule has 2 aliphatic heterocycles. The molecule has 64 valence electrons. The van der Waals surface area contributed by atoms with Crippen LogP contribution < -0.4 is 0 Å². The molecule has 0 aromatic heterocycles. The Morgan fingerprint density at radius 2 is 2.00 bits per heavy atom. The molecule has 0 atom stereocenters. The van der Waals surface area contributed by atoms with Crippen LogP contribution in [0, 0.1) is 0 Å². The number of likely N-dealkylation sites (tertiary alicyclic amines) is 1. The molecule has 11 heavy (non-hydrogen) atoms. The maximum atomic E-state index is 5.86. The molecule has 0 amide bonds. The molecule has 2 fully saturated rings. The summed E-state index contributed by atoms with van der Waals surface area (Å²) in [5, 5.41) is 0. The summed E-state index contributed by atoms with van der Waals surface area (Å²) in [7, 11) is 2.17. The van der Waals surface area contributed by atoms with E-state index in [-0.39, 0.29) is 5.60 Å². The van der Waals surface area contributed by atoms with Gasteiger partial charge < -0.3 is 9.64 Å². The Balaban J connectivity index is 1.91. The van der Waals surface area contributed by atoms with Crippen molar-refractivity contribution in [3.63, 3.8) is 0 Å². The van der Waals surface area contributed by atoms with Crippen LogP contribution in [0.25, 0.3) is 0 Å². The summed E-state index contributed by atoms with van der Waals surface area (Å²) < 4.78 is 5.86. The number of ether oxygens (including phenoxy) is 1. The Hall–Kier alpha value is -0.0800. The highest BCUT2D eigenvalue weighted by Gasteiger charge is 2.42. The zero-order chi connectivity index (χ0) is 7.73. The van der Waals surface area contributed by atoms with Crippen molar-refractivity contribution in [2.75, 3.05) is 26.7 Å². The molecule has 2 nitrogen and oxygen atoms in total. The Kier molecular flexibility index (Phi) is 1.90. The smallest absolute Gasteiger partial charge is 0.0934 e. The maximum absolute atomic E-state index is 5.86. The first-order valence-electron chi connectivity index (χ1n) is 4.63. The molecule has 0 aromatic carbocycles. The van der Waals surface area contributed by atoms with E-state index in [1.165, 1.54) is 25.7 Å². The van der Waals surface area contributed by atoms with Crippen LogP contribution in [0.15, 0.2) is 0 Å². The van der Waals surface area contributed by atoms with Crippen molar-refractivity contribution in [2.45, 2.75) is 31.3 Å². The highest BCUT2D eigenvalue weighted by molar-refractivity contribution is 4.96. The van der Waals surface area contributed by atoms with E-state index in [9.17, 15) is 0 Å². The van der Waals surface area contributed by atoms with Crippen molar-refractivity contribution in [3.05, 3.63) is 0 Å². The second kappa shape index (κ2) is 2.76. The summed E-state index contributed by atoms with van der Waals surface area (Å²) in [6, 6.07) is 0. The summed E-state index contributed by atoms with van der Waals surface area (Å²) >= 11 is 0. The molecule has 0 aromatic rings. The molecule has 2 saturated heterocycles. The zero-order valence-corrected chi connectivity index (χ0v) is 7.31. The molecule has 0 aliphatic carbocycles. The van der Waals surface area contributed by atoms with E-state index in [0.717, 1.165) is 19.7 Å². The van der Waals surface area contributed by atoms with Gasteiger partial charge in [-0.25, -0.2) is 0 Å². The summed E-state index contributed by atoms with van der Waals surface area (Å²) in [5.41, 5.74) is 0.283. The third kappa shape index (κ3) is 1.42. The van der Waals surface area contributed by atoms with Gasteiger partial charge in [0.15, 0.2) is 0 Å². The first kappa shape index (κ1) is 7.56. The van der Waals surface area contributed by atoms with Crippen molar-refractivity contribution in [3.8, 4) is 0 Å². The minimum Gasteiger partial charge on any atom is -0.372 e. The van der Waals surface area contributed by atoms with Crippen molar-refractivity contribution in [2.24, 2.45) is 0 Å². The first-order valence-corrected chi connectivity index (χ1v) is 4.63. The van der Waals surface area contributed by atoms with E-state index in [0.29, 0.717) is 0 Å². The largest absolute Gasteiger partial charge is 0.372 e. The summed E-state index contributed by atoms with van der Waals surface area (Å²) in [4.78, 5) is 2.34. The minimum absolute atomic E-state index is 0.283. The molecular weight excluding hydrogens is 138 g/mol. The van der Waals surface area contributed by atoms with Gasteiger partial charge in [0.05, 0.1) is 5.60 Å². The minimum atomic E-state index is 0.283. The second-order valence-electron chi connectivity index (χ2n) is 4.01. The lowest BCUT2D eigenvalue weighted by molar-refractivity contribution is -0.134. The van der Waals surface area contributed by atoms with Gasteiger partial charge in [0.1, 0.15) is 0 Å². The van der Waals surface area contributed by atoms with Gasteiger partial charge in [0.25, 0.3) is 0 Å². The normalized spacial score (nSPS) is 31.4. The lowest BCUT2D eigenvalue weighted by Crippen LogP contribution is -2.61. The van der Waals surface area contributed by atoms with Gasteiger partial charge in [-0.1, -0.05) is 12.8 Å². The highest BCUT2D eigenvalue weighted by atomic mass is 16.5. The number of nitrogens with zero attached hydrogens (tertiary/aromatic N) is 1. The Morgan fingerprint density at radius 1 is 1.18 bits per heavy atom. The van der Waals surface area contributed by atoms with E-state index in [1.54, 1.807) is 0 Å². The average Bonchev–Trinajstić information content (AvgIpc) is 2.12. The number of hydrogen-bond donors (Lipinski definition) is 0. The number of likely N-dealkylation sites (N-methyl/N-ethyl adjacent to an activating group) is 1. The number of rotatable bonds is 0. The second-order valence-corrected chi connectivity index (χ2v) is 4.01. The summed E-state index contributed by atoms with van der Waals surface area (Å²) in [5.74, 6) is 0. The van der Waals surface area contributed by atoms with E-state index in [4.69, 9.17) is 4.74 Å².